The summed E-state index contributed by atoms with van der Waals surface area (Å²) in [7, 11) is 0. The lowest BCUT2D eigenvalue weighted by molar-refractivity contribution is -0.385. The quantitative estimate of drug-likeness (QED) is 0.315. The predicted molar refractivity (Wildman–Crippen MR) is 118 cm³/mol. The normalized spacial score (nSPS) is 13.2. The van der Waals surface area contributed by atoms with E-state index in [-0.39, 0.29) is 30.2 Å². The molecule has 0 amide bonds. The average Bonchev–Trinajstić information content (AvgIpc) is 3.11. The molecule has 1 aliphatic rings. The lowest BCUT2D eigenvalue weighted by Crippen LogP contribution is -2.15. The van der Waals surface area contributed by atoms with Crippen molar-refractivity contribution in [2.45, 2.75) is 25.2 Å². The molecule has 0 aliphatic heterocycles. The van der Waals surface area contributed by atoms with Crippen molar-refractivity contribution in [3.63, 3.8) is 0 Å². The average molecular weight is 431 g/mol. The Labute approximate surface area is 184 Å². The SMILES string of the molecule is CC(CC(=O)OCC1c2ccccc2-c2ccccc21)c1ccc(C(=O)O)cc1[N+](=O)[O-]. The number of ether oxygens (including phenoxy) is 1. The van der Waals surface area contributed by atoms with Gasteiger partial charge in [-0.3, -0.25) is 14.9 Å². The van der Waals surface area contributed by atoms with E-state index >= 15 is 0 Å². The van der Waals surface area contributed by atoms with Crippen LogP contribution in [0.2, 0.25) is 0 Å². The molecule has 7 heteroatoms. The second-order valence-electron chi connectivity index (χ2n) is 7.85. The molecule has 0 saturated heterocycles. The van der Waals surface area contributed by atoms with Crippen LogP contribution in [0.5, 0.6) is 0 Å². The van der Waals surface area contributed by atoms with Crippen LogP contribution in [0.4, 0.5) is 5.69 Å². The predicted octanol–water partition coefficient (Wildman–Crippen LogP) is 5.14. The van der Waals surface area contributed by atoms with Crippen LogP contribution in [-0.4, -0.2) is 28.6 Å². The van der Waals surface area contributed by atoms with Gasteiger partial charge in [-0.2, -0.15) is 0 Å². The first-order valence-corrected chi connectivity index (χ1v) is 10.2. The smallest absolute Gasteiger partial charge is 0.335 e. The first-order chi connectivity index (χ1) is 15.4. The third-order valence-corrected chi connectivity index (χ3v) is 5.85. The van der Waals surface area contributed by atoms with E-state index < -0.39 is 22.8 Å². The molecule has 7 nitrogen and oxygen atoms in total. The summed E-state index contributed by atoms with van der Waals surface area (Å²) in [6, 6.07) is 19.8. The number of fused-ring (bicyclic) bond motifs is 3. The summed E-state index contributed by atoms with van der Waals surface area (Å²) < 4.78 is 5.59. The summed E-state index contributed by atoms with van der Waals surface area (Å²) >= 11 is 0. The van der Waals surface area contributed by atoms with Crippen LogP contribution < -0.4 is 0 Å². The molecule has 1 N–H and O–H groups in total. The van der Waals surface area contributed by atoms with Gasteiger partial charge in [0.25, 0.3) is 5.69 Å². The van der Waals surface area contributed by atoms with Crippen molar-refractivity contribution >= 4 is 17.6 Å². The summed E-state index contributed by atoms with van der Waals surface area (Å²) in [5.41, 5.74) is 4.29. The first-order valence-electron chi connectivity index (χ1n) is 10.2. The van der Waals surface area contributed by atoms with Gasteiger partial charge in [0, 0.05) is 17.5 Å². The maximum atomic E-state index is 12.6. The largest absolute Gasteiger partial charge is 0.478 e. The molecule has 0 spiro atoms. The minimum atomic E-state index is -1.25. The highest BCUT2D eigenvalue weighted by Crippen LogP contribution is 2.44. The molecule has 32 heavy (non-hydrogen) atoms. The third-order valence-electron chi connectivity index (χ3n) is 5.85. The van der Waals surface area contributed by atoms with Gasteiger partial charge in [0.1, 0.15) is 6.61 Å². The molecule has 1 aliphatic carbocycles. The van der Waals surface area contributed by atoms with Crippen molar-refractivity contribution < 1.29 is 24.4 Å². The zero-order valence-electron chi connectivity index (χ0n) is 17.4. The molecule has 1 atom stereocenters. The van der Waals surface area contributed by atoms with Gasteiger partial charge in [0.2, 0.25) is 0 Å². The van der Waals surface area contributed by atoms with Gasteiger partial charge in [-0.1, -0.05) is 61.5 Å². The number of nitrogens with zero attached hydrogens (tertiary/aromatic N) is 1. The fraction of sp³-hybridized carbons (Fsp3) is 0.200. The molecule has 3 aromatic rings. The number of hydrogen-bond donors (Lipinski definition) is 1. The van der Waals surface area contributed by atoms with Crippen LogP contribution in [-0.2, 0) is 9.53 Å². The zero-order valence-corrected chi connectivity index (χ0v) is 17.4. The molecule has 1 unspecified atom stereocenters. The molecule has 0 heterocycles. The lowest BCUT2D eigenvalue weighted by atomic mass is 9.94. The number of esters is 1. The van der Waals surface area contributed by atoms with Crippen LogP contribution in [0.25, 0.3) is 11.1 Å². The molecule has 0 saturated carbocycles. The highest BCUT2D eigenvalue weighted by atomic mass is 16.6. The number of carboxylic acids is 1. The van der Waals surface area contributed by atoms with Crippen LogP contribution in [0.3, 0.4) is 0 Å². The highest BCUT2D eigenvalue weighted by Gasteiger charge is 2.29. The summed E-state index contributed by atoms with van der Waals surface area (Å²) in [6.07, 6.45) is -0.0523. The molecule has 4 rings (SSSR count). The van der Waals surface area contributed by atoms with Crippen LogP contribution in [0.15, 0.2) is 66.7 Å². The number of carbonyl (C=O) groups excluding carboxylic acids is 1. The highest BCUT2D eigenvalue weighted by molar-refractivity contribution is 5.88. The van der Waals surface area contributed by atoms with E-state index in [4.69, 9.17) is 9.84 Å². The third kappa shape index (κ3) is 3.97. The first kappa shape index (κ1) is 21.2. The van der Waals surface area contributed by atoms with E-state index in [1.807, 2.05) is 36.4 Å². The van der Waals surface area contributed by atoms with Gasteiger partial charge in [0.05, 0.1) is 16.9 Å². The minimum absolute atomic E-state index is 0.0523. The van der Waals surface area contributed by atoms with Crippen LogP contribution in [0.1, 0.15) is 52.2 Å². The van der Waals surface area contributed by atoms with Crippen molar-refractivity contribution in [1.82, 2.24) is 0 Å². The number of carbonyl (C=O) groups is 2. The van der Waals surface area contributed by atoms with Gasteiger partial charge < -0.3 is 9.84 Å². The summed E-state index contributed by atoms with van der Waals surface area (Å²) in [4.78, 5) is 34.5. The number of rotatable bonds is 7. The van der Waals surface area contributed by atoms with Gasteiger partial charge >= 0.3 is 11.9 Å². The van der Waals surface area contributed by atoms with E-state index in [0.29, 0.717) is 5.56 Å². The Morgan fingerprint density at radius 1 is 1.03 bits per heavy atom. The van der Waals surface area contributed by atoms with Crippen LogP contribution in [0, 0.1) is 10.1 Å². The fourth-order valence-corrected chi connectivity index (χ4v) is 4.29. The van der Waals surface area contributed by atoms with Crippen molar-refractivity contribution in [2.75, 3.05) is 6.61 Å². The number of nitro benzene ring substituents is 1. The van der Waals surface area contributed by atoms with E-state index in [9.17, 15) is 19.7 Å². The molecule has 0 bridgehead atoms. The van der Waals surface area contributed by atoms with E-state index in [0.717, 1.165) is 28.3 Å². The van der Waals surface area contributed by atoms with Crippen molar-refractivity contribution in [1.29, 1.82) is 0 Å². The number of carboxylic acid groups (broad SMARTS) is 1. The zero-order chi connectivity index (χ0) is 22.8. The van der Waals surface area contributed by atoms with Gasteiger partial charge in [-0.05, 0) is 34.2 Å². The molecule has 0 radical (unpaired) electrons. The van der Waals surface area contributed by atoms with Gasteiger partial charge in [-0.25, -0.2) is 4.79 Å². The summed E-state index contributed by atoms with van der Waals surface area (Å²) in [5, 5.41) is 20.5. The molecule has 162 valence electrons. The van der Waals surface area contributed by atoms with E-state index in [1.54, 1.807) is 6.92 Å². The number of benzene rings is 3. The Balaban J connectivity index is 1.47. The Hall–Kier alpha value is -4.00. The summed E-state index contributed by atoms with van der Waals surface area (Å²) in [6.45, 7) is 1.86. The van der Waals surface area contributed by atoms with Crippen molar-refractivity contribution in [2.24, 2.45) is 0 Å². The molecular weight excluding hydrogens is 410 g/mol. The van der Waals surface area contributed by atoms with E-state index in [2.05, 4.69) is 12.1 Å². The van der Waals surface area contributed by atoms with Crippen molar-refractivity contribution in [3.8, 4) is 11.1 Å². The Bertz CT molecular complexity index is 1170. The minimum Gasteiger partial charge on any atom is -0.478 e. The van der Waals surface area contributed by atoms with Crippen molar-refractivity contribution in [3.05, 3.63) is 99.1 Å². The lowest BCUT2D eigenvalue weighted by Gasteiger charge is -2.16. The number of hydrogen-bond acceptors (Lipinski definition) is 5. The fourth-order valence-electron chi connectivity index (χ4n) is 4.29. The molecule has 0 aromatic heterocycles. The Morgan fingerprint density at radius 2 is 1.62 bits per heavy atom. The maximum Gasteiger partial charge on any atom is 0.335 e. The molecule has 3 aromatic carbocycles. The van der Waals surface area contributed by atoms with Gasteiger partial charge in [0.15, 0.2) is 0 Å². The molecule has 0 fully saturated rings. The topological polar surface area (TPSA) is 107 Å². The van der Waals surface area contributed by atoms with Gasteiger partial charge in [-0.15, -0.1) is 0 Å². The van der Waals surface area contributed by atoms with E-state index in [1.165, 1.54) is 12.1 Å². The number of nitro groups is 1. The second kappa shape index (κ2) is 8.63. The second-order valence-corrected chi connectivity index (χ2v) is 7.85. The Kier molecular flexibility index (Phi) is 5.73. The number of aromatic carboxylic acids is 1. The standard InChI is InChI=1S/C25H21NO6/c1-15(17-11-10-16(25(28)29)13-23(17)26(30)31)12-24(27)32-14-22-20-8-4-2-6-18(20)19-7-3-5-9-21(19)22/h2-11,13,15,22H,12,14H2,1H3,(H,28,29). The van der Waals surface area contributed by atoms with Crippen LogP contribution >= 0.6 is 0 Å². The maximum absolute atomic E-state index is 12.6. The monoisotopic (exact) mass is 431 g/mol. The molecular formula is C25H21NO6. The summed E-state index contributed by atoms with van der Waals surface area (Å²) in [5.74, 6) is -2.28. The Morgan fingerprint density at radius 3 is 2.19 bits per heavy atom.